The monoisotopic (exact) mass is 611 g/mol. The molecule has 1 aromatic heterocycles. The van der Waals surface area contributed by atoms with Crippen LogP contribution in [-0.2, 0) is 0 Å². The molecule has 1 heterocycles. The van der Waals surface area contributed by atoms with Gasteiger partial charge in [0.15, 0.2) is 0 Å². The Morgan fingerprint density at radius 2 is 0.792 bits per heavy atom. The first-order chi connectivity index (χ1) is 23.8. The smallest absolute Gasteiger partial charge is 0.0715 e. The first kappa shape index (κ1) is 28.2. The molecule has 1 heteroatoms. The van der Waals surface area contributed by atoms with Crippen LogP contribution in [0.15, 0.2) is 140 Å². The minimum absolute atomic E-state index is 0.944. The highest BCUT2D eigenvalue weighted by molar-refractivity contribution is 6.25. The van der Waals surface area contributed by atoms with E-state index in [9.17, 15) is 0 Å². The topological polar surface area (TPSA) is 12.9 Å². The minimum Gasteiger partial charge on any atom is -0.248 e. The predicted molar refractivity (Wildman–Crippen MR) is 211 cm³/mol. The Morgan fingerprint density at radius 1 is 0.354 bits per heavy atom. The van der Waals surface area contributed by atoms with Gasteiger partial charge in [-0.1, -0.05) is 159 Å². The van der Waals surface area contributed by atoms with Gasteiger partial charge >= 0.3 is 0 Å². The lowest BCUT2D eigenvalue weighted by Crippen LogP contribution is -1.89. The SMILES string of the molecule is C(=C\c1ccc2ccc3cccc4ccc1c2c34)/c1cc(/C=C/c2ccc3ccc4cccc5ccc2c3c45)c2ccccc2n1.CC. The lowest BCUT2D eigenvalue weighted by atomic mass is 9.91. The van der Waals surface area contributed by atoms with Crippen LogP contribution in [0, 0.1) is 0 Å². The first-order valence-corrected chi connectivity index (χ1v) is 16.9. The van der Waals surface area contributed by atoms with Crippen LogP contribution < -0.4 is 0 Å². The number of hydrogen-bond donors (Lipinski definition) is 0. The van der Waals surface area contributed by atoms with Gasteiger partial charge in [0.2, 0.25) is 0 Å². The third-order valence-electron chi connectivity index (χ3n) is 9.77. The van der Waals surface area contributed by atoms with E-state index >= 15 is 0 Å². The van der Waals surface area contributed by atoms with Gasteiger partial charge < -0.3 is 0 Å². The number of para-hydroxylation sites is 1. The molecule has 0 N–H and O–H groups in total. The highest BCUT2D eigenvalue weighted by Crippen LogP contribution is 2.38. The number of fused-ring (bicyclic) bond motifs is 1. The molecule has 0 aliphatic carbocycles. The standard InChI is InChI=1S/C45H27N.C2H6/c1-2-10-41-38(9-1)36(20-13-28-11-14-34-18-16-30-5-3-7-32-22-25-39(28)44(34)42(30)32)27-37(46-41)24-21-29-12-15-35-19-17-31-6-4-8-33-23-26-40(29)45(35)43(31)33;1-2/h1-27H;1-2H3/b20-13+,24-21+;. The van der Waals surface area contributed by atoms with Crippen molar-refractivity contribution < 1.29 is 0 Å². The van der Waals surface area contributed by atoms with Crippen molar-refractivity contribution in [1.29, 1.82) is 0 Å². The molecular formula is C47H33N. The number of rotatable bonds is 4. The zero-order chi connectivity index (χ0) is 32.2. The zero-order valence-corrected chi connectivity index (χ0v) is 27.0. The van der Waals surface area contributed by atoms with Crippen LogP contribution in [0.2, 0.25) is 0 Å². The molecule has 0 bridgehead atoms. The van der Waals surface area contributed by atoms with Crippen LogP contribution in [0.1, 0.15) is 36.2 Å². The van der Waals surface area contributed by atoms with Gasteiger partial charge in [-0.25, -0.2) is 4.98 Å². The summed E-state index contributed by atoms with van der Waals surface area (Å²) in [5.74, 6) is 0. The molecule has 1 nitrogen and oxygen atoms in total. The Balaban J connectivity index is 0.00000154. The van der Waals surface area contributed by atoms with Crippen LogP contribution in [0.3, 0.4) is 0 Å². The van der Waals surface area contributed by atoms with Crippen molar-refractivity contribution in [3.8, 4) is 0 Å². The van der Waals surface area contributed by atoms with Gasteiger partial charge in [-0.3, -0.25) is 0 Å². The molecule has 9 aromatic carbocycles. The summed E-state index contributed by atoms with van der Waals surface area (Å²) in [4.78, 5) is 5.05. The van der Waals surface area contributed by atoms with Crippen molar-refractivity contribution in [2.75, 3.05) is 0 Å². The molecule has 226 valence electrons. The molecule has 0 radical (unpaired) electrons. The van der Waals surface area contributed by atoms with Crippen molar-refractivity contribution in [3.63, 3.8) is 0 Å². The van der Waals surface area contributed by atoms with E-state index in [1.54, 1.807) is 0 Å². The van der Waals surface area contributed by atoms with E-state index in [-0.39, 0.29) is 0 Å². The Hall–Kier alpha value is -6.05. The van der Waals surface area contributed by atoms with E-state index in [0.717, 1.165) is 22.2 Å². The average Bonchev–Trinajstić information content (AvgIpc) is 3.15. The average molecular weight is 612 g/mol. The van der Waals surface area contributed by atoms with Crippen molar-refractivity contribution in [2.24, 2.45) is 0 Å². The second-order valence-corrected chi connectivity index (χ2v) is 12.3. The predicted octanol–water partition coefficient (Wildman–Crippen LogP) is 13.4. The van der Waals surface area contributed by atoms with Gasteiger partial charge in [0.1, 0.15) is 0 Å². The van der Waals surface area contributed by atoms with Crippen LogP contribution in [-0.4, -0.2) is 4.98 Å². The summed E-state index contributed by atoms with van der Waals surface area (Å²) in [5, 5.41) is 16.8. The lowest BCUT2D eigenvalue weighted by Gasteiger charge is -2.12. The molecule has 0 unspecified atom stereocenters. The molecule has 0 spiro atoms. The normalized spacial score (nSPS) is 12.2. The molecule has 10 aromatic rings. The molecule has 48 heavy (non-hydrogen) atoms. The summed E-state index contributed by atoms with van der Waals surface area (Å²) in [5.41, 5.74) is 5.52. The van der Waals surface area contributed by atoms with Crippen molar-refractivity contribution >= 4 is 99.8 Å². The van der Waals surface area contributed by atoms with E-state index in [1.807, 2.05) is 13.8 Å². The fourth-order valence-corrected chi connectivity index (χ4v) is 7.61. The maximum absolute atomic E-state index is 5.05. The van der Waals surface area contributed by atoms with Crippen molar-refractivity contribution in [3.05, 3.63) is 162 Å². The maximum atomic E-state index is 5.05. The molecule has 0 fully saturated rings. The molecule has 10 rings (SSSR count). The van der Waals surface area contributed by atoms with Crippen LogP contribution in [0.25, 0.3) is 99.8 Å². The molecule has 0 saturated carbocycles. The lowest BCUT2D eigenvalue weighted by molar-refractivity contribution is 1.37. The van der Waals surface area contributed by atoms with Gasteiger partial charge in [0.25, 0.3) is 0 Å². The molecule has 0 amide bonds. The highest BCUT2D eigenvalue weighted by atomic mass is 14.7. The van der Waals surface area contributed by atoms with Gasteiger partial charge in [-0.05, 0) is 99.5 Å². The summed E-state index contributed by atoms with van der Waals surface area (Å²) in [6.45, 7) is 4.00. The molecule has 0 atom stereocenters. The summed E-state index contributed by atoms with van der Waals surface area (Å²) in [7, 11) is 0. The summed E-state index contributed by atoms with van der Waals surface area (Å²) in [6, 6.07) is 50.7. The van der Waals surface area contributed by atoms with E-state index in [2.05, 4.69) is 164 Å². The molecule has 0 aliphatic heterocycles. The third kappa shape index (κ3) is 4.43. The van der Waals surface area contributed by atoms with E-state index in [1.165, 1.54) is 75.8 Å². The summed E-state index contributed by atoms with van der Waals surface area (Å²) in [6.07, 6.45) is 8.90. The Bertz CT molecular complexity index is 2820. The highest BCUT2D eigenvalue weighted by Gasteiger charge is 2.12. The van der Waals surface area contributed by atoms with E-state index in [4.69, 9.17) is 4.98 Å². The largest absolute Gasteiger partial charge is 0.248 e. The quantitative estimate of drug-likeness (QED) is 0.180. The van der Waals surface area contributed by atoms with Crippen molar-refractivity contribution in [1.82, 2.24) is 4.98 Å². The minimum atomic E-state index is 0.944. The fourth-order valence-electron chi connectivity index (χ4n) is 7.61. The summed E-state index contributed by atoms with van der Waals surface area (Å²) >= 11 is 0. The van der Waals surface area contributed by atoms with Gasteiger partial charge in [0, 0.05) is 5.39 Å². The Kier molecular flexibility index (Phi) is 6.66. The second kappa shape index (κ2) is 11.3. The van der Waals surface area contributed by atoms with Crippen LogP contribution in [0.5, 0.6) is 0 Å². The van der Waals surface area contributed by atoms with E-state index < -0.39 is 0 Å². The number of aromatic nitrogens is 1. The Morgan fingerprint density at radius 3 is 1.35 bits per heavy atom. The maximum Gasteiger partial charge on any atom is 0.0715 e. The van der Waals surface area contributed by atoms with Gasteiger partial charge in [-0.15, -0.1) is 0 Å². The Labute approximate surface area is 279 Å². The number of hydrogen-bond acceptors (Lipinski definition) is 1. The molecule has 0 saturated heterocycles. The van der Waals surface area contributed by atoms with E-state index in [0.29, 0.717) is 0 Å². The number of nitrogens with zero attached hydrogens (tertiary/aromatic N) is 1. The number of pyridine rings is 1. The molecule has 0 aliphatic rings. The van der Waals surface area contributed by atoms with Crippen molar-refractivity contribution in [2.45, 2.75) is 13.8 Å². The van der Waals surface area contributed by atoms with Gasteiger partial charge in [-0.2, -0.15) is 0 Å². The van der Waals surface area contributed by atoms with Gasteiger partial charge in [0.05, 0.1) is 11.2 Å². The molecular weight excluding hydrogens is 579 g/mol. The summed E-state index contributed by atoms with van der Waals surface area (Å²) < 4.78 is 0. The zero-order valence-electron chi connectivity index (χ0n) is 27.0. The fraction of sp³-hybridized carbons (Fsp3) is 0.0426. The number of benzene rings is 9. The first-order valence-electron chi connectivity index (χ1n) is 16.9. The third-order valence-corrected chi connectivity index (χ3v) is 9.77. The van der Waals surface area contributed by atoms with Crippen LogP contribution >= 0.6 is 0 Å². The second-order valence-electron chi connectivity index (χ2n) is 12.3. The van der Waals surface area contributed by atoms with Crippen LogP contribution in [0.4, 0.5) is 0 Å².